The van der Waals surface area contributed by atoms with Crippen LogP contribution in [0.3, 0.4) is 0 Å². The first kappa shape index (κ1) is 16.5. The van der Waals surface area contributed by atoms with Crippen molar-refractivity contribution in [3.05, 3.63) is 90.5 Å². The van der Waals surface area contributed by atoms with Crippen LogP contribution in [0.1, 0.15) is 5.56 Å². The molecular formula is C21H18N2O2. The van der Waals surface area contributed by atoms with Gasteiger partial charge in [-0.15, -0.1) is 0 Å². The van der Waals surface area contributed by atoms with E-state index in [0.717, 1.165) is 16.9 Å². The van der Waals surface area contributed by atoms with E-state index in [1.54, 1.807) is 6.21 Å². The summed E-state index contributed by atoms with van der Waals surface area (Å²) in [6, 6.07) is 26.5. The Kier molecular flexibility index (Phi) is 5.56. The molecule has 1 N–H and O–H groups in total. The third kappa shape index (κ3) is 5.32. The van der Waals surface area contributed by atoms with Crippen LogP contribution in [0.15, 0.2) is 89.9 Å². The Morgan fingerprint density at radius 2 is 1.64 bits per heavy atom. The summed E-state index contributed by atoms with van der Waals surface area (Å²) < 4.78 is 5.56. The van der Waals surface area contributed by atoms with Crippen LogP contribution in [-0.4, -0.2) is 18.7 Å². The van der Waals surface area contributed by atoms with E-state index in [2.05, 4.69) is 10.3 Å². The van der Waals surface area contributed by atoms with Crippen molar-refractivity contribution in [3.63, 3.8) is 0 Å². The third-order valence-corrected chi connectivity index (χ3v) is 3.40. The predicted octanol–water partition coefficient (Wildman–Crippen LogP) is 4.45. The van der Waals surface area contributed by atoms with E-state index in [4.69, 9.17) is 4.74 Å². The van der Waals surface area contributed by atoms with Crippen molar-refractivity contribution in [1.29, 1.82) is 0 Å². The van der Waals surface area contributed by atoms with Crippen molar-refractivity contribution in [1.82, 2.24) is 0 Å². The Morgan fingerprint density at radius 1 is 0.920 bits per heavy atom. The minimum absolute atomic E-state index is 0.0474. The SMILES string of the molecule is O=C(COc1cccc(C=Nc2ccccc2)c1)Nc1ccccc1. The molecule has 0 saturated carbocycles. The van der Waals surface area contributed by atoms with Gasteiger partial charge in [0.1, 0.15) is 5.75 Å². The summed E-state index contributed by atoms with van der Waals surface area (Å²) in [5, 5.41) is 2.78. The highest BCUT2D eigenvalue weighted by molar-refractivity contribution is 5.91. The average molecular weight is 330 g/mol. The van der Waals surface area contributed by atoms with E-state index in [0.29, 0.717) is 5.75 Å². The first-order valence-electron chi connectivity index (χ1n) is 7.96. The molecule has 0 aliphatic carbocycles. The number of benzene rings is 3. The molecule has 0 spiro atoms. The quantitative estimate of drug-likeness (QED) is 0.679. The summed E-state index contributed by atoms with van der Waals surface area (Å²) in [4.78, 5) is 16.3. The lowest BCUT2D eigenvalue weighted by Crippen LogP contribution is -2.20. The maximum Gasteiger partial charge on any atom is 0.262 e. The molecule has 0 heterocycles. The summed E-state index contributed by atoms with van der Waals surface area (Å²) in [6.45, 7) is -0.0474. The lowest BCUT2D eigenvalue weighted by atomic mass is 10.2. The van der Waals surface area contributed by atoms with Gasteiger partial charge in [0.15, 0.2) is 6.61 Å². The maximum absolute atomic E-state index is 11.9. The summed E-state index contributed by atoms with van der Waals surface area (Å²) >= 11 is 0. The Labute approximate surface area is 146 Å². The molecule has 25 heavy (non-hydrogen) atoms. The van der Waals surface area contributed by atoms with Crippen LogP contribution in [0.5, 0.6) is 5.75 Å². The first-order valence-corrected chi connectivity index (χ1v) is 7.96. The average Bonchev–Trinajstić information content (AvgIpc) is 2.67. The van der Waals surface area contributed by atoms with Gasteiger partial charge in [0.2, 0.25) is 0 Å². The zero-order chi connectivity index (χ0) is 17.3. The number of rotatable bonds is 6. The van der Waals surface area contributed by atoms with Crippen molar-refractivity contribution in [2.75, 3.05) is 11.9 Å². The Morgan fingerprint density at radius 3 is 2.40 bits per heavy atom. The molecule has 124 valence electrons. The van der Waals surface area contributed by atoms with Crippen molar-refractivity contribution >= 4 is 23.5 Å². The number of carbonyl (C=O) groups excluding carboxylic acids is 1. The van der Waals surface area contributed by atoms with Crippen LogP contribution in [0.2, 0.25) is 0 Å². The van der Waals surface area contributed by atoms with Gasteiger partial charge >= 0.3 is 0 Å². The molecule has 3 rings (SSSR count). The van der Waals surface area contributed by atoms with Gasteiger partial charge in [-0.25, -0.2) is 0 Å². The molecule has 0 aliphatic rings. The molecule has 0 aliphatic heterocycles. The molecular weight excluding hydrogens is 312 g/mol. The Bertz CT molecular complexity index is 846. The molecule has 1 amide bonds. The maximum atomic E-state index is 11.9. The Hall–Kier alpha value is -3.40. The van der Waals surface area contributed by atoms with Crippen molar-refractivity contribution in [2.24, 2.45) is 4.99 Å². The van der Waals surface area contributed by atoms with E-state index in [-0.39, 0.29) is 12.5 Å². The van der Waals surface area contributed by atoms with Gasteiger partial charge in [-0.2, -0.15) is 0 Å². The molecule has 3 aromatic rings. The molecule has 0 unspecified atom stereocenters. The number of amides is 1. The lowest BCUT2D eigenvalue weighted by molar-refractivity contribution is -0.118. The van der Waals surface area contributed by atoms with Gasteiger partial charge in [0, 0.05) is 11.9 Å². The standard InChI is InChI=1S/C21H18N2O2/c24-21(23-19-11-5-2-6-12-19)16-25-20-13-7-8-17(14-20)15-22-18-9-3-1-4-10-18/h1-15H,16H2,(H,23,24). The van der Waals surface area contributed by atoms with Crippen LogP contribution < -0.4 is 10.1 Å². The van der Waals surface area contributed by atoms with Crippen molar-refractivity contribution in [3.8, 4) is 5.75 Å². The van der Waals surface area contributed by atoms with Gasteiger partial charge in [-0.1, -0.05) is 48.5 Å². The molecule has 0 fully saturated rings. The fourth-order valence-electron chi connectivity index (χ4n) is 2.22. The fraction of sp³-hybridized carbons (Fsp3) is 0.0476. The molecule has 0 saturated heterocycles. The highest BCUT2D eigenvalue weighted by Gasteiger charge is 2.03. The minimum Gasteiger partial charge on any atom is -0.484 e. The number of para-hydroxylation sites is 2. The van der Waals surface area contributed by atoms with Gasteiger partial charge in [0.25, 0.3) is 5.91 Å². The largest absolute Gasteiger partial charge is 0.484 e. The second-order valence-electron chi connectivity index (χ2n) is 5.37. The van der Waals surface area contributed by atoms with Crippen molar-refractivity contribution < 1.29 is 9.53 Å². The second kappa shape index (κ2) is 8.45. The third-order valence-electron chi connectivity index (χ3n) is 3.40. The summed E-state index contributed by atoms with van der Waals surface area (Å²) in [5.74, 6) is 0.426. The van der Waals surface area contributed by atoms with E-state index < -0.39 is 0 Å². The highest BCUT2D eigenvalue weighted by atomic mass is 16.5. The molecule has 0 atom stereocenters. The normalized spacial score (nSPS) is 10.6. The molecule has 4 nitrogen and oxygen atoms in total. The summed E-state index contributed by atoms with van der Waals surface area (Å²) in [5.41, 5.74) is 2.54. The van der Waals surface area contributed by atoms with Crippen LogP contribution in [0.4, 0.5) is 11.4 Å². The van der Waals surface area contributed by atoms with Crippen LogP contribution in [0.25, 0.3) is 0 Å². The lowest BCUT2D eigenvalue weighted by Gasteiger charge is -2.08. The monoisotopic (exact) mass is 330 g/mol. The van der Waals surface area contributed by atoms with E-state index in [9.17, 15) is 4.79 Å². The van der Waals surface area contributed by atoms with E-state index in [1.807, 2.05) is 84.9 Å². The minimum atomic E-state index is -0.199. The van der Waals surface area contributed by atoms with Gasteiger partial charge < -0.3 is 10.1 Å². The molecule has 0 aromatic heterocycles. The van der Waals surface area contributed by atoms with Gasteiger partial charge in [-0.3, -0.25) is 9.79 Å². The second-order valence-corrected chi connectivity index (χ2v) is 5.37. The number of hydrogen-bond donors (Lipinski definition) is 1. The molecule has 0 radical (unpaired) electrons. The van der Waals surface area contributed by atoms with Crippen LogP contribution in [0, 0.1) is 0 Å². The zero-order valence-electron chi connectivity index (χ0n) is 13.6. The number of nitrogens with one attached hydrogen (secondary N) is 1. The summed E-state index contributed by atoms with van der Waals surface area (Å²) in [6.07, 6.45) is 1.77. The molecule has 0 bridgehead atoms. The first-order chi connectivity index (χ1) is 12.3. The number of hydrogen-bond acceptors (Lipinski definition) is 3. The van der Waals surface area contributed by atoms with E-state index in [1.165, 1.54) is 0 Å². The number of ether oxygens (including phenoxy) is 1. The fourth-order valence-corrected chi connectivity index (χ4v) is 2.22. The number of anilines is 1. The molecule has 3 aromatic carbocycles. The zero-order valence-corrected chi connectivity index (χ0v) is 13.6. The van der Waals surface area contributed by atoms with Crippen LogP contribution in [-0.2, 0) is 4.79 Å². The smallest absolute Gasteiger partial charge is 0.262 e. The topological polar surface area (TPSA) is 50.7 Å². The molecule has 4 heteroatoms. The summed E-state index contributed by atoms with van der Waals surface area (Å²) in [7, 11) is 0. The predicted molar refractivity (Wildman–Crippen MR) is 101 cm³/mol. The van der Waals surface area contributed by atoms with Crippen LogP contribution >= 0.6 is 0 Å². The van der Waals surface area contributed by atoms with E-state index >= 15 is 0 Å². The number of nitrogens with zero attached hydrogens (tertiary/aromatic N) is 1. The number of aliphatic imine (C=N–C) groups is 1. The Balaban J connectivity index is 1.56. The number of carbonyl (C=O) groups is 1. The highest BCUT2D eigenvalue weighted by Crippen LogP contribution is 2.14. The van der Waals surface area contributed by atoms with Crippen molar-refractivity contribution in [2.45, 2.75) is 0 Å². The van der Waals surface area contributed by atoms with Gasteiger partial charge in [0.05, 0.1) is 5.69 Å². The van der Waals surface area contributed by atoms with Gasteiger partial charge in [-0.05, 0) is 42.0 Å².